The monoisotopic (exact) mass is 459 g/mol. The summed E-state index contributed by atoms with van der Waals surface area (Å²) in [6.45, 7) is 2.17. The van der Waals surface area contributed by atoms with Gasteiger partial charge in [0.1, 0.15) is 6.61 Å². The van der Waals surface area contributed by atoms with E-state index >= 15 is 0 Å². The number of nitrogens with zero attached hydrogens (tertiary/aromatic N) is 3. The summed E-state index contributed by atoms with van der Waals surface area (Å²) in [4.78, 5) is 12.7. The lowest BCUT2D eigenvalue weighted by atomic mass is 9.48. The Morgan fingerprint density at radius 1 is 1.25 bits per heavy atom. The molecule has 0 radical (unpaired) electrons. The second-order valence-electron chi connectivity index (χ2n) is 9.85. The predicted molar refractivity (Wildman–Crippen MR) is 120 cm³/mol. The van der Waals surface area contributed by atoms with Crippen LogP contribution in [0.25, 0.3) is 0 Å². The summed E-state index contributed by atoms with van der Waals surface area (Å²) in [7, 11) is 0. The number of nitrogens with two attached hydrogens (primary N) is 1. The lowest BCUT2D eigenvalue weighted by Gasteiger charge is -2.59. The van der Waals surface area contributed by atoms with Crippen molar-refractivity contribution in [3.8, 4) is 5.75 Å². The number of nitrogen functional groups attached to an aromatic ring is 1. The number of ether oxygens (including phenoxy) is 1. The summed E-state index contributed by atoms with van der Waals surface area (Å²) < 4.78 is 20.4. The van der Waals surface area contributed by atoms with E-state index in [-0.39, 0.29) is 35.5 Å². The SMILES string of the molecule is CC(NC(=O)CSc1nnc(COc2ccccc2F)n1N)C12CC3CC(CC(C3)C1)C2. The second-order valence-corrected chi connectivity index (χ2v) is 10.8. The highest BCUT2D eigenvalue weighted by molar-refractivity contribution is 7.99. The number of para-hydroxylation sites is 1. The largest absolute Gasteiger partial charge is 0.482 e. The Balaban J connectivity index is 1.13. The third-order valence-electron chi connectivity index (χ3n) is 7.64. The molecule has 172 valence electrons. The maximum absolute atomic E-state index is 13.7. The molecule has 9 heteroatoms. The molecule has 4 aliphatic rings. The van der Waals surface area contributed by atoms with Crippen LogP contribution in [0.4, 0.5) is 4.39 Å². The molecule has 1 aromatic carbocycles. The van der Waals surface area contributed by atoms with Gasteiger partial charge in [0.15, 0.2) is 17.4 Å². The van der Waals surface area contributed by atoms with E-state index in [0.717, 1.165) is 17.8 Å². The summed E-state index contributed by atoms with van der Waals surface area (Å²) >= 11 is 1.24. The number of amides is 1. The van der Waals surface area contributed by atoms with Crippen LogP contribution in [0.5, 0.6) is 5.75 Å². The van der Waals surface area contributed by atoms with E-state index in [1.54, 1.807) is 12.1 Å². The van der Waals surface area contributed by atoms with E-state index in [2.05, 4.69) is 22.4 Å². The minimum atomic E-state index is -0.449. The smallest absolute Gasteiger partial charge is 0.230 e. The molecule has 32 heavy (non-hydrogen) atoms. The Morgan fingerprint density at radius 2 is 1.91 bits per heavy atom. The number of carbonyl (C=O) groups is 1. The standard InChI is InChI=1S/C23H30FN5O2S/c1-14(23-9-15-6-16(10-23)8-17(7-15)11-23)26-21(30)13-32-22-28-27-20(29(22)25)12-31-19-5-3-2-4-18(19)24/h2-5,14-17H,6-13,25H2,1H3,(H,26,30). The van der Waals surface area contributed by atoms with Crippen molar-refractivity contribution < 1.29 is 13.9 Å². The maximum Gasteiger partial charge on any atom is 0.230 e. The number of hydrogen-bond acceptors (Lipinski definition) is 6. The van der Waals surface area contributed by atoms with Gasteiger partial charge in [-0.1, -0.05) is 23.9 Å². The fraction of sp³-hybridized carbons (Fsp3) is 0.609. The van der Waals surface area contributed by atoms with Crippen molar-refractivity contribution in [3.05, 3.63) is 35.9 Å². The normalized spacial score (nSPS) is 29.1. The number of benzene rings is 1. The minimum absolute atomic E-state index is 0.00889. The van der Waals surface area contributed by atoms with Crippen molar-refractivity contribution in [2.75, 3.05) is 11.6 Å². The van der Waals surface area contributed by atoms with Gasteiger partial charge in [0.25, 0.3) is 0 Å². The zero-order valence-electron chi connectivity index (χ0n) is 18.3. The number of carbonyl (C=O) groups excluding carboxylic acids is 1. The molecule has 0 aliphatic heterocycles. The van der Waals surface area contributed by atoms with Gasteiger partial charge in [-0.2, -0.15) is 0 Å². The molecule has 4 bridgehead atoms. The third kappa shape index (κ3) is 4.19. The van der Waals surface area contributed by atoms with Crippen molar-refractivity contribution in [1.82, 2.24) is 20.2 Å². The molecule has 1 aromatic heterocycles. The molecule has 1 unspecified atom stereocenters. The van der Waals surface area contributed by atoms with Gasteiger partial charge >= 0.3 is 0 Å². The van der Waals surface area contributed by atoms with Gasteiger partial charge in [0, 0.05) is 6.04 Å². The van der Waals surface area contributed by atoms with Crippen molar-refractivity contribution >= 4 is 17.7 Å². The number of aromatic nitrogens is 3. The summed E-state index contributed by atoms with van der Waals surface area (Å²) in [6.07, 6.45) is 7.96. The highest BCUT2D eigenvalue weighted by Crippen LogP contribution is 2.61. The van der Waals surface area contributed by atoms with Crippen LogP contribution in [-0.4, -0.2) is 32.6 Å². The summed E-state index contributed by atoms with van der Waals surface area (Å²) in [5, 5.41) is 11.8. The molecule has 1 amide bonds. The van der Waals surface area contributed by atoms with Gasteiger partial charge in [-0.15, -0.1) is 10.2 Å². The van der Waals surface area contributed by atoms with E-state index < -0.39 is 5.82 Å². The second kappa shape index (κ2) is 8.57. The Labute approximate surface area is 191 Å². The zero-order chi connectivity index (χ0) is 22.3. The lowest BCUT2D eigenvalue weighted by Crippen LogP contribution is -2.56. The van der Waals surface area contributed by atoms with Crippen LogP contribution in [-0.2, 0) is 11.4 Å². The van der Waals surface area contributed by atoms with Crippen molar-refractivity contribution in [2.24, 2.45) is 23.2 Å². The maximum atomic E-state index is 13.7. The fourth-order valence-corrected chi connectivity index (χ4v) is 7.17. The molecule has 6 rings (SSSR count). The highest BCUT2D eigenvalue weighted by atomic mass is 32.2. The van der Waals surface area contributed by atoms with Crippen molar-refractivity contribution in [3.63, 3.8) is 0 Å². The van der Waals surface area contributed by atoms with Crippen LogP contribution in [0, 0.1) is 29.0 Å². The summed E-state index contributed by atoms with van der Waals surface area (Å²) in [5.41, 5.74) is 0.278. The first-order valence-corrected chi connectivity index (χ1v) is 12.4. The topological polar surface area (TPSA) is 95.1 Å². The highest BCUT2D eigenvalue weighted by Gasteiger charge is 2.53. The molecule has 1 atom stereocenters. The Morgan fingerprint density at radius 3 is 2.56 bits per heavy atom. The Kier molecular flexibility index (Phi) is 5.77. The number of hydrogen-bond donors (Lipinski definition) is 2. The first-order valence-electron chi connectivity index (χ1n) is 11.4. The van der Waals surface area contributed by atoms with E-state index in [1.807, 2.05) is 0 Å². The van der Waals surface area contributed by atoms with Gasteiger partial charge in [-0.25, -0.2) is 9.07 Å². The number of halogens is 1. The van der Waals surface area contributed by atoms with Gasteiger partial charge in [-0.3, -0.25) is 4.79 Å². The molecule has 7 nitrogen and oxygen atoms in total. The Hall–Kier alpha value is -2.29. The number of thioether (sulfide) groups is 1. The molecule has 0 spiro atoms. The van der Waals surface area contributed by atoms with Crippen LogP contribution in [0.15, 0.2) is 29.4 Å². The van der Waals surface area contributed by atoms with Crippen molar-refractivity contribution in [1.29, 1.82) is 0 Å². The average molecular weight is 460 g/mol. The van der Waals surface area contributed by atoms with Gasteiger partial charge in [-0.05, 0) is 80.8 Å². The summed E-state index contributed by atoms with van der Waals surface area (Å²) in [6, 6.07) is 6.34. The van der Waals surface area contributed by atoms with Gasteiger partial charge in [0.2, 0.25) is 11.1 Å². The molecular formula is C23H30FN5O2S. The van der Waals surface area contributed by atoms with E-state index in [1.165, 1.54) is 67.1 Å². The molecule has 1 heterocycles. The van der Waals surface area contributed by atoms with E-state index in [0.29, 0.717) is 11.0 Å². The van der Waals surface area contributed by atoms with Crippen LogP contribution >= 0.6 is 11.8 Å². The van der Waals surface area contributed by atoms with Crippen LogP contribution in [0.1, 0.15) is 51.3 Å². The first kappa shape index (κ1) is 21.6. The predicted octanol–water partition coefficient (Wildman–Crippen LogP) is 3.52. The van der Waals surface area contributed by atoms with Gasteiger partial charge < -0.3 is 15.9 Å². The first-order chi connectivity index (χ1) is 15.4. The van der Waals surface area contributed by atoms with E-state index in [4.69, 9.17) is 10.6 Å². The fourth-order valence-electron chi connectivity index (χ4n) is 6.48. The zero-order valence-corrected chi connectivity index (χ0v) is 19.1. The number of rotatable bonds is 8. The Bertz CT molecular complexity index is 961. The third-order valence-corrected chi connectivity index (χ3v) is 8.59. The number of nitrogens with one attached hydrogen (secondary N) is 1. The van der Waals surface area contributed by atoms with Crippen LogP contribution in [0.3, 0.4) is 0 Å². The quantitative estimate of drug-likeness (QED) is 0.463. The molecule has 2 aromatic rings. The van der Waals surface area contributed by atoms with Gasteiger partial charge in [0.05, 0.1) is 5.75 Å². The van der Waals surface area contributed by atoms with Crippen LogP contribution in [0.2, 0.25) is 0 Å². The van der Waals surface area contributed by atoms with Crippen LogP contribution < -0.4 is 15.9 Å². The average Bonchev–Trinajstić information content (AvgIpc) is 3.10. The molecule has 4 fully saturated rings. The minimum Gasteiger partial charge on any atom is -0.482 e. The lowest BCUT2D eigenvalue weighted by molar-refractivity contribution is -0.123. The molecule has 0 saturated heterocycles. The summed E-state index contributed by atoms with van der Waals surface area (Å²) in [5.74, 6) is 8.88. The molecular weight excluding hydrogens is 429 g/mol. The molecule has 4 saturated carbocycles. The van der Waals surface area contributed by atoms with Crippen molar-refractivity contribution in [2.45, 2.75) is 63.3 Å². The molecule has 4 aliphatic carbocycles. The van der Waals surface area contributed by atoms with E-state index in [9.17, 15) is 9.18 Å². The molecule has 3 N–H and O–H groups in total.